The van der Waals surface area contributed by atoms with E-state index in [0.29, 0.717) is 0 Å². The summed E-state index contributed by atoms with van der Waals surface area (Å²) in [6, 6.07) is 0.967. The van der Waals surface area contributed by atoms with Gasteiger partial charge >= 0.3 is 6.18 Å². The summed E-state index contributed by atoms with van der Waals surface area (Å²) < 4.78 is 33.9. The molecule has 0 amide bonds. The van der Waals surface area contributed by atoms with Crippen molar-refractivity contribution in [2.75, 3.05) is 0 Å². The van der Waals surface area contributed by atoms with Gasteiger partial charge in [-0.15, -0.1) is 0 Å². The molecule has 0 rings (SSSR count). The standard InChI is InChI=1S/C4HClF3NO/c5-2(1-9)3(10)4(6,7)8/h2H. The van der Waals surface area contributed by atoms with Gasteiger partial charge < -0.3 is 0 Å². The molecule has 0 aromatic rings. The van der Waals surface area contributed by atoms with Crippen LogP contribution in [-0.4, -0.2) is 17.3 Å². The van der Waals surface area contributed by atoms with Crippen LogP contribution in [0.25, 0.3) is 0 Å². The Morgan fingerprint density at radius 1 is 1.60 bits per heavy atom. The summed E-state index contributed by atoms with van der Waals surface area (Å²) in [4.78, 5) is 9.92. The summed E-state index contributed by atoms with van der Waals surface area (Å²) in [5, 5.41) is 5.64. The van der Waals surface area contributed by atoms with Crippen LogP contribution in [0.15, 0.2) is 0 Å². The van der Waals surface area contributed by atoms with Gasteiger partial charge in [-0.25, -0.2) is 0 Å². The number of rotatable bonds is 1. The van der Waals surface area contributed by atoms with Gasteiger partial charge in [-0.2, -0.15) is 18.4 Å². The lowest BCUT2D eigenvalue weighted by molar-refractivity contribution is -0.169. The molecule has 0 saturated heterocycles. The number of carbonyl (C=O) groups is 1. The number of alkyl halides is 4. The Kier molecular flexibility index (Phi) is 2.66. The van der Waals surface area contributed by atoms with Gasteiger partial charge in [0.2, 0.25) is 0 Å². The van der Waals surface area contributed by atoms with Gasteiger partial charge in [0, 0.05) is 0 Å². The van der Waals surface area contributed by atoms with Crippen LogP contribution in [0.2, 0.25) is 0 Å². The monoisotopic (exact) mass is 171 g/mol. The summed E-state index contributed by atoms with van der Waals surface area (Å²) in [5.41, 5.74) is 0. The van der Waals surface area contributed by atoms with E-state index in [-0.39, 0.29) is 0 Å². The molecule has 0 fully saturated rings. The summed E-state index contributed by atoms with van der Waals surface area (Å²) in [6.45, 7) is 0. The number of ketones is 1. The minimum Gasteiger partial charge on any atom is -0.287 e. The maximum Gasteiger partial charge on any atom is 0.452 e. The van der Waals surface area contributed by atoms with E-state index in [2.05, 4.69) is 11.6 Å². The smallest absolute Gasteiger partial charge is 0.287 e. The molecule has 0 aromatic carbocycles. The van der Waals surface area contributed by atoms with Crippen LogP contribution in [0.3, 0.4) is 0 Å². The maximum atomic E-state index is 11.3. The quantitative estimate of drug-likeness (QED) is 0.557. The normalized spacial score (nSPS) is 13.9. The molecule has 0 spiro atoms. The van der Waals surface area contributed by atoms with Crippen LogP contribution in [0.1, 0.15) is 0 Å². The molecule has 0 heterocycles. The summed E-state index contributed by atoms with van der Waals surface area (Å²) in [6.07, 6.45) is -5.01. The highest BCUT2D eigenvalue weighted by molar-refractivity contribution is 6.33. The molecule has 0 N–H and O–H groups in total. The molecule has 0 radical (unpaired) electrons. The lowest BCUT2D eigenvalue weighted by Gasteiger charge is -2.02. The highest BCUT2D eigenvalue weighted by Crippen LogP contribution is 2.19. The zero-order valence-corrected chi connectivity index (χ0v) is 5.20. The SMILES string of the molecule is N#CC(Cl)C(=O)C(F)(F)F. The highest BCUT2D eigenvalue weighted by atomic mass is 35.5. The number of Topliss-reactive ketones (excluding diaryl/α,β-unsaturated/α-hetero) is 1. The predicted molar refractivity (Wildman–Crippen MR) is 26.3 cm³/mol. The van der Waals surface area contributed by atoms with E-state index in [1.54, 1.807) is 0 Å². The van der Waals surface area contributed by atoms with Crippen molar-refractivity contribution in [1.82, 2.24) is 0 Å². The second kappa shape index (κ2) is 2.88. The minimum absolute atomic E-state index is 0.967. The van der Waals surface area contributed by atoms with Crippen molar-refractivity contribution in [2.45, 2.75) is 11.6 Å². The Bertz CT molecular complexity index is 182. The number of halogens is 4. The largest absolute Gasteiger partial charge is 0.452 e. The van der Waals surface area contributed by atoms with E-state index in [9.17, 15) is 18.0 Å². The zero-order chi connectivity index (χ0) is 8.36. The first-order valence-electron chi connectivity index (χ1n) is 2.04. The van der Waals surface area contributed by atoms with Gasteiger partial charge in [-0.1, -0.05) is 11.6 Å². The van der Waals surface area contributed by atoms with E-state index in [4.69, 9.17) is 5.26 Å². The molecule has 10 heavy (non-hydrogen) atoms. The lowest BCUT2D eigenvalue weighted by Crippen LogP contribution is -2.30. The summed E-state index contributed by atoms with van der Waals surface area (Å²) >= 11 is 4.67. The van der Waals surface area contributed by atoms with Gasteiger partial charge in [-0.3, -0.25) is 4.79 Å². The number of nitrogens with zero attached hydrogens (tertiary/aromatic N) is 1. The van der Waals surface area contributed by atoms with Gasteiger partial charge in [0.05, 0.1) is 6.07 Å². The summed E-state index contributed by atoms with van der Waals surface area (Å²) in [7, 11) is 0. The van der Waals surface area contributed by atoms with Crippen LogP contribution < -0.4 is 0 Å². The molecule has 0 saturated carbocycles. The van der Waals surface area contributed by atoms with E-state index in [1.807, 2.05) is 0 Å². The number of hydrogen-bond acceptors (Lipinski definition) is 2. The van der Waals surface area contributed by atoms with Crippen molar-refractivity contribution < 1.29 is 18.0 Å². The number of carbonyl (C=O) groups excluding carboxylic acids is 1. The van der Waals surface area contributed by atoms with Crippen LogP contribution >= 0.6 is 11.6 Å². The van der Waals surface area contributed by atoms with Crippen LogP contribution in [0.5, 0.6) is 0 Å². The third-order valence-electron chi connectivity index (χ3n) is 0.623. The van der Waals surface area contributed by atoms with Crippen molar-refractivity contribution >= 4 is 17.4 Å². The third kappa shape index (κ3) is 2.23. The van der Waals surface area contributed by atoms with Gasteiger partial charge in [-0.05, 0) is 0 Å². The Balaban J connectivity index is 4.27. The molecule has 0 aliphatic heterocycles. The number of hydrogen-bond donors (Lipinski definition) is 0. The average Bonchev–Trinajstić information content (AvgIpc) is 1.83. The van der Waals surface area contributed by atoms with Crippen molar-refractivity contribution in [2.24, 2.45) is 0 Å². The third-order valence-corrected chi connectivity index (χ3v) is 0.919. The van der Waals surface area contributed by atoms with Crippen LogP contribution in [-0.2, 0) is 4.79 Å². The number of nitriles is 1. The lowest BCUT2D eigenvalue weighted by atomic mass is 10.3. The van der Waals surface area contributed by atoms with Crippen molar-refractivity contribution in [3.8, 4) is 6.07 Å². The molecule has 0 bridgehead atoms. The van der Waals surface area contributed by atoms with E-state index < -0.39 is 17.3 Å². The van der Waals surface area contributed by atoms with E-state index in [0.717, 1.165) is 6.07 Å². The van der Waals surface area contributed by atoms with E-state index >= 15 is 0 Å². The van der Waals surface area contributed by atoms with Crippen LogP contribution in [0.4, 0.5) is 13.2 Å². The van der Waals surface area contributed by atoms with E-state index in [1.165, 1.54) is 0 Å². The predicted octanol–water partition coefficient (Wildman–Crippen LogP) is 1.25. The first kappa shape index (κ1) is 9.24. The Morgan fingerprint density at radius 3 is 2.10 bits per heavy atom. The first-order chi connectivity index (χ1) is 4.39. The minimum atomic E-state index is -5.01. The molecule has 1 unspecified atom stereocenters. The molecule has 0 aliphatic rings. The van der Waals surface area contributed by atoms with Crippen molar-refractivity contribution in [1.29, 1.82) is 5.26 Å². The van der Waals surface area contributed by atoms with Gasteiger partial charge in [0.1, 0.15) is 0 Å². The van der Waals surface area contributed by atoms with Gasteiger partial charge in [0.25, 0.3) is 5.78 Å². The second-order valence-electron chi connectivity index (χ2n) is 1.35. The first-order valence-corrected chi connectivity index (χ1v) is 2.48. The molecule has 0 aromatic heterocycles. The molecular formula is C4HClF3NO. The average molecular weight is 172 g/mol. The van der Waals surface area contributed by atoms with Crippen LogP contribution in [0, 0.1) is 11.3 Å². The van der Waals surface area contributed by atoms with Crippen molar-refractivity contribution in [3.63, 3.8) is 0 Å². The fourth-order valence-electron chi connectivity index (χ4n) is 0.202. The molecular weight excluding hydrogens is 170 g/mol. The van der Waals surface area contributed by atoms with Crippen molar-refractivity contribution in [3.05, 3.63) is 0 Å². The fraction of sp³-hybridized carbons (Fsp3) is 0.500. The van der Waals surface area contributed by atoms with Gasteiger partial charge in [0.15, 0.2) is 5.38 Å². The zero-order valence-electron chi connectivity index (χ0n) is 4.44. The molecule has 0 aliphatic carbocycles. The highest BCUT2D eigenvalue weighted by Gasteiger charge is 2.42. The summed E-state index contributed by atoms with van der Waals surface area (Å²) in [5.74, 6) is -2.23. The molecule has 2 nitrogen and oxygen atoms in total. The fourth-order valence-corrected chi connectivity index (χ4v) is 0.326. The molecule has 56 valence electrons. The maximum absolute atomic E-state index is 11.3. The molecule has 6 heteroatoms. The topological polar surface area (TPSA) is 40.9 Å². The second-order valence-corrected chi connectivity index (χ2v) is 1.79. The Morgan fingerprint density at radius 2 is 2.00 bits per heavy atom. The Labute approximate surface area is 59.2 Å². The molecule has 1 atom stereocenters. The Hall–Kier alpha value is -0.760.